The number of carbonyl (C=O) groups excluding carboxylic acids is 4. The third kappa shape index (κ3) is 9.96. The van der Waals surface area contributed by atoms with Crippen LogP contribution in [-0.4, -0.2) is 88.5 Å². The van der Waals surface area contributed by atoms with E-state index in [2.05, 4.69) is 11.1 Å². The van der Waals surface area contributed by atoms with E-state index in [1.807, 2.05) is 0 Å². The lowest BCUT2D eigenvalue weighted by atomic mass is 9.98. The third-order valence-electron chi connectivity index (χ3n) is 4.78. The molecule has 1 saturated heterocycles. The molecule has 0 radical (unpaired) electrons. The number of benzene rings is 1. The molecule has 1 aliphatic heterocycles. The van der Waals surface area contributed by atoms with Crippen molar-refractivity contribution in [1.29, 1.82) is 0 Å². The molecule has 38 heavy (non-hydrogen) atoms. The summed E-state index contributed by atoms with van der Waals surface area (Å²) in [6.07, 6.45) is -4.60. The predicted molar refractivity (Wildman–Crippen MR) is 125 cm³/mol. The summed E-state index contributed by atoms with van der Waals surface area (Å²) in [6, 6.07) is 2.68. The molecule has 0 bridgehead atoms. The number of nitrogens with zero attached hydrogens (tertiary/aromatic N) is 1. The van der Waals surface area contributed by atoms with Crippen molar-refractivity contribution in [3.8, 4) is 5.75 Å². The largest absolute Gasteiger partial charge is 0.490 e. The van der Waals surface area contributed by atoms with Gasteiger partial charge < -0.3 is 46.4 Å². The highest BCUT2D eigenvalue weighted by Gasteiger charge is 2.50. The van der Waals surface area contributed by atoms with Gasteiger partial charge in [-0.2, -0.15) is 13.2 Å². The minimum atomic E-state index is -5.00. The number of hydrogen-bond donors (Lipinski definition) is 4. The van der Waals surface area contributed by atoms with E-state index in [0.717, 1.165) is 18.2 Å². The van der Waals surface area contributed by atoms with Gasteiger partial charge in [-0.15, -0.1) is 5.06 Å². The highest BCUT2D eigenvalue weighted by molar-refractivity contribution is 6.03. The Labute approximate surface area is 216 Å². The van der Waals surface area contributed by atoms with Crippen LogP contribution in [0.4, 0.5) is 13.2 Å². The maximum atomic E-state index is 13.3. The minimum absolute atomic E-state index is 0.0207. The van der Waals surface area contributed by atoms with Gasteiger partial charge in [0.1, 0.15) is 24.2 Å². The van der Waals surface area contributed by atoms with Crippen LogP contribution in [0.3, 0.4) is 0 Å². The van der Waals surface area contributed by atoms with Crippen molar-refractivity contribution in [2.75, 3.05) is 53.2 Å². The Balaban J connectivity index is 0.00000168. The number of rotatable bonds is 14. The summed E-state index contributed by atoms with van der Waals surface area (Å²) < 4.78 is 55.8. The fourth-order valence-electron chi connectivity index (χ4n) is 2.73. The first-order valence-electron chi connectivity index (χ1n) is 11.3. The molecule has 1 fully saturated rings. The maximum absolute atomic E-state index is 13.3. The van der Waals surface area contributed by atoms with Crippen LogP contribution in [0.5, 0.6) is 5.75 Å². The van der Waals surface area contributed by atoms with Crippen molar-refractivity contribution in [3.63, 3.8) is 0 Å². The van der Waals surface area contributed by atoms with E-state index in [4.69, 9.17) is 35.3 Å². The molecule has 16 heteroatoms. The first-order valence-corrected chi connectivity index (χ1v) is 11.3. The van der Waals surface area contributed by atoms with Crippen LogP contribution < -0.4 is 27.3 Å². The molecule has 214 valence electrons. The van der Waals surface area contributed by atoms with Crippen LogP contribution in [0.25, 0.3) is 0 Å². The van der Waals surface area contributed by atoms with Gasteiger partial charge in [-0.1, -0.05) is 6.07 Å². The number of nitrogens with two attached hydrogens (primary N) is 3. The average Bonchev–Trinajstić information content (AvgIpc) is 3.19. The molecular formula is C22H32F3N5O8. The molecule has 1 heterocycles. The van der Waals surface area contributed by atoms with Crippen molar-refractivity contribution in [2.24, 2.45) is 17.2 Å². The lowest BCUT2D eigenvalue weighted by molar-refractivity contribution is -0.188. The molecule has 1 aromatic carbocycles. The SMILES string of the molecule is CNCCOCCOCCOc1cc(C(N)(N)C(F)(F)F)ccc1C(=O)ON1C(=O)CCC1=O.NCC=O. The number of alkyl halides is 3. The standard InChI is InChI=1S/C20H27F3N4O7.C2H5NO/c1-26-6-7-31-8-9-32-10-11-33-15-12-13(19(24,25)20(21,22)23)2-3-14(15)18(30)34-27-16(28)4-5-17(27)29;3-1-2-4/h2-3,12,26H,4-11,24-25H2,1H3;2H,1,3H2. The topological polar surface area (TPSA) is 199 Å². The fourth-order valence-corrected chi connectivity index (χ4v) is 2.73. The summed E-state index contributed by atoms with van der Waals surface area (Å²) >= 11 is 0. The molecule has 0 aliphatic carbocycles. The normalized spacial score (nSPS) is 13.7. The van der Waals surface area contributed by atoms with Crippen molar-refractivity contribution in [2.45, 2.75) is 24.7 Å². The van der Waals surface area contributed by atoms with E-state index in [-0.39, 0.29) is 50.5 Å². The van der Waals surface area contributed by atoms with Crippen molar-refractivity contribution >= 4 is 24.1 Å². The zero-order valence-corrected chi connectivity index (χ0v) is 20.8. The van der Waals surface area contributed by atoms with Gasteiger partial charge in [0, 0.05) is 25.9 Å². The smallest absolute Gasteiger partial charge is 0.423 e. The van der Waals surface area contributed by atoms with E-state index in [1.54, 1.807) is 7.05 Å². The number of amides is 2. The van der Waals surface area contributed by atoms with Gasteiger partial charge in [-0.05, 0) is 24.7 Å². The van der Waals surface area contributed by atoms with Crippen molar-refractivity contribution in [1.82, 2.24) is 10.4 Å². The molecule has 2 rings (SSSR count). The quantitative estimate of drug-likeness (QED) is 0.0984. The first kappa shape index (κ1) is 32.9. The summed E-state index contributed by atoms with van der Waals surface area (Å²) in [6.45, 7) is 1.73. The number of halogens is 3. The monoisotopic (exact) mass is 551 g/mol. The molecule has 0 atom stereocenters. The summed E-state index contributed by atoms with van der Waals surface area (Å²) in [5.41, 5.74) is 11.0. The molecule has 0 unspecified atom stereocenters. The van der Waals surface area contributed by atoms with Crippen LogP contribution in [0.1, 0.15) is 28.8 Å². The molecule has 0 saturated carbocycles. The second-order valence-corrected chi connectivity index (χ2v) is 7.62. The van der Waals surface area contributed by atoms with Crippen LogP contribution in [0.15, 0.2) is 18.2 Å². The number of carbonyl (C=O) groups is 4. The van der Waals surface area contributed by atoms with Gasteiger partial charge in [0.2, 0.25) is 0 Å². The molecule has 2 amide bonds. The lowest BCUT2D eigenvalue weighted by Crippen LogP contribution is -2.57. The van der Waals surface area contributed by atoms with Gasteiger partial charge in [-0.25, -0.2) is 4.79 Å². The van der Waals surface area contributed by atoms with Crippen molar-refractivity contribution in [3.05, 3.63) is 29.3 Å². The van der Waals surface area contributed by atoms with Crippen molar-refractivity contribution < 1.29 is 51.4 Å². The van der Waals surface area contributed by atoms with Gasteiger partial charge in [0.15, 0.2) is 5.66 Å². The Morgan fingerprint density at radius 1 is 1.05 bits per heavy atom. The van der Waals surface area contributed by atoms with Crippen LogP contribution >= 0.6 is 0 Å². The Morgan fingerprint density at radius 3 is 2.13 bits per heavy atom. The summed E-state index contributed by atoms with van der Waals surface area (Å²) in [5, 5.41) is 3.22. The van der Waals surface area contributed by atoms with E-state index in [0.29, 0.717) is 31.1 Å². The molecule has 1 aliphatic rings. The molecule has 7 N–H and O–H groups in total. The number of imide groups is 1. The van der Waals surface area contributed by atoms with Crippen LogP contribution in [0.2, 0.25) is 0 Å². The Kier molecular flexibility index (Phi) is 13.8. The van der Waals surface area contributed by atoms with E-state index in [9.17, 15) is 27.6 Å². The maximum Gasteiger partial charge on any atom is 0.423 e. The molecule has 1 aromatic rings. The van der Waals surface area contributed by atoms with Gasteiger partial charge in [0.05, 0.1) is 26.4 Å². The zero-order chi connectivity index (χ0) is 28.8. The number of hydroxylamine groups is 2. The van der Waals surface area contributed by atoms with Gasteiger partial charge in [0.25, 0.3) is 11.8 Å². The number of hydrogen-bond acceptors (Lipinski definition) is 12. The fraction of sp³-hybridized carbons (Fsp3) is 0.545. The number of nitrogens with one attached hydrogen (secondary N) is 1. The van der Waals surface area contributed by atoms with E-state index < -0.39 is 35.2 Å². The van der Waals surface area contributed by atoms with E-state index >= 15 is 0 Å². The van der Waals surface area contributed by atoms with E-state index in [1.165, 1.54) is 0 Å². The average molecular weight is 552 g/mol. The summed E-state index contributed by atoms with van der Waals surface area (Å²) in [5.74, 6) is -2.97. The second kappa shape index (κ2) is 16.0. The zero-order valence-electron chi connectivity index (χ0n) is 20.8. The van der Waals surface area contributed by atoms with Crippen LogP contribution in [-0.2, 0) is 34.4 Å². The molecule has 0 spiro atoms. The van der Waals surface area contributed by atoms with Crippen LogP contribution in [0, 0.1) is 0 Å². The van der Waals surface area contributed by atoms with Gasteiger partial charge >= 0.3 is 12.1 Å². The molecular weight excluding hydrogens is 519 g/mol. The number of ether oxygens (including phenoxy) is 3. The lowest BCUT2D eigenvalue weighted by Gasteiger charge is -2.28. The first-order chi connectivity index (χ1) is 17.9. The number of aldehydes is 1. The highest BCUT2D eigenvalue weighted by Crippen LogP contribution is 2.35. The minimum Gasteiger partial charge on any atom is -0.490 e. The predicted octanol–water partition coefficient (Wildman–Crippen LogP) is -0.685. The highest BCUT2D eigenvalue weighted by atomic mass is 19.4. The number of likely N-dealkylation sites (N-methyl/N-ethyl adjacent to an activating group) is 1. The summed E-state index contributed by atoms with van der Waals surface area (Å²) in [7, 11) is 1.78. The Morgan fingerprint density at radius 2 is 1.61 bits per heavy atom. The third-order valence-corrected chi connectivity index (χ3v) is 4.78. The second-order valence-electron chi connectivity index (χ2n) is 7.62. The molecule has 13 nitrogen and oxygen atoms in total. The Bertz CT molecular complexity index is 930. The Hall–Kier alpha value is -3.15. The summed E-state index contributed by atoms with van der Waals surface area (Å²) in [4.78, 5) is 49.8. The van der Waals surface area contributed by atoms with Gasteiger partial charge in [-0.3, -0.25) is 9.59 Å². The molecule has 0 aromatic heterocycles.